The maximum atomic E-state index is 13.6. The van der Waals surface area contributed by atoms with Crippen LogP contribution in [0.15, 0.2) is 67.3 Å². The van der Waals surface area contributed by atoms with Gasteiger partial charge in [-0.2, -0.15) is 0 Å². The second kappa shape index (κ2) is 10.9. The number of hydrogen-bond acceptors (Lipinski definition) is 5. The van der Waals surface area contributed by atoms with Gasteiger partial charge in [-0.05, 0) is 43.2 Å². The van der Waals surface area contributed by atoms with Crippen molar-refractivity contribution in [3.63, 3.8) is 0 Å². The SMILES string of the molecule is CCCCCOc1cccc(C(=O)N(CCCn2ccnc2)c2nc3ccccc3s2)c1. The lowest BCUT2D eigenvalue weighted by Gasteiger charge is -2.20. The zero-order chi connectivity index (χ0) is 22.2. The largest absolute Gasteiger partial charge is 0.494 e. The second-order valence-electron chi connectivity index (χ2n) is 7.66. The highest BCUT2D eigenvalue weighted by Crippen LogP contribution is 2.30. The number of imidazole rings is 1. The number of carbonyl (C=O) groups is 1. The first kappa shape index (κ1) is 22.0. The lowest BCUT2D eigenvalue weighted by molar-refractivity contribution is 0.0986. The number of aryl methyl sites for hydroxylation is 1. The molecule has 7 heteroatoms. The lowest BCUT2D eigenvalue weighted by atomic mass is 10.2. The third-order valence-corrected chi connectivity index (χ3v) is 6.27. The predicted molar refractivity (Wildman–Crippen MR) is 130 cm³/mol. The summed E-state index contributed by atoms with van der Waals surface area (Å²) in [7, 11) is 0. The molecule has 4 aromatic rings. The van der Waals surface area contributed by atoms with Gasteiger partial charge in [-0.3, -0.25) is 9.69 Å². The van der Waals surface area contributed by atoms with E-state index in [1.165, 1.54) is 0 Å². The highest BCUT2D eigenvalue weighted by Gasteiger charge is 2.21. The third-order valence-electron chi connectivity index (χ3n) is 5.21. The summed E-state index contributed by atoms with van der Waals surface area (Å²) < 4.78 is 8.96. The molecule has 1 amide bonds. The summed E-state index contributed by atoms with van der Waals surface area (Å²) in [5.74, 6) is 0.670. The van der Waals surface area contributed by atoms with E-state index in [1.54, 1.807) is 28.8 Å². The molecule has 0 bridgehead atoms. The van der Waals surface area contributed by atoms with Gasteiger partial charge in [0.15, 0.2) is 5.13 Å². The Morgan fingerprint density at radius 3 is 2.84 bits per heavy atom. The van der Waals surface area contributed by atoms with Crippen LogP contribution in [0.25, 0.3) is 10.2 Å². The summed E-state index contributed by atoms with van der Waals surface area (Å²) in [6, 6.07) is 15.4. The van der Waals surface area contributed by atoms with Gasteiger partial charge < -0.3 is 9.30 Å². The van der Waals surface area contributed by atoms with Gasteiger partial charge in [0.25, 0.3) is 5.91 Å². The van der Waals surface area contributed by atoms with E-state index in [1.807, 2.05) is 59.3 Å². The lowest BCUT2D eigenvalue weighted by Crippen LogP contribution is -2.32. The van der Waals surface area contributed by atoms with Gasteiger partial charge in [-0.15, -0.1) is 0 Å². The molecule has 0 unspecified atom stereocenters. The molecule has 0 fully saturated rings. The number of ether oxygens (including phenoxy) is 1. The summed E-state index contributed by atoms with van der Waals surface area (Å²) >= 11 is 1.54. The van der Waals surface area contributed by atoms with Crippen molar-refractivity contribution in [2.45, 2.75) is 39.2 Å². The van der Waals surface area contributed by atoms with Crippen molar-refractivity contribution in [2.24, 2.45) is 0 Å². The van der Waals surface area contributed by atoms with E-state index in [9.17, 15) is 4.79 Å². The number of fused-ring (bicyclic) bond motifs is 1. The molecular formula is C25H28N4O2S. The zero-order valence-corrected chi connectivity index (χ0v) is 19.1. The standard InChI is InChI=1S/C25H28N4O2S/c1-2-3-6-17-31-21-10-7-9-20(18-21)24(30)29(15-8-14-28-16-13-26-19-28)25-27-22-11-4-5-12-23(22)32-25/h4-5,7,9-13,16,18-19H,2-3,6,8,14-15,17H2,1H3. The second-order valence-corrected chi connectivity index (χ2v) is 8.67. The van der Waals surface area contributed by atoms with Crippen LogP contribution >= 0.6 is 11.3 Å². The molecule has 0 aliphatic heterocycles. The van der Waals surface area contributed by atoms with E-state index in [2.05, 4.69) is 11.9 Å². The zero-order valence-electron chi connectivity index (χ0n) is 18.3. The molecule has 0 spiro atoms. The van der Waals surface area contributed by atoms with Crippen molar-refractivity contribution in [1.29, 1.82) is 0 Å². The van der Waals surface area contributed by atoms with Crippen molar-refractivity contribution < 1.29 is 9.53 Å². The van der Waals surface area contributed by atoms with Crippen LogP contribution in [0.5, 0.6) is 5.75 Å². The minimum Gasteiger partial charge on any atom is -0.494 e. The summed E-state index contributed by atoms with van der Waals surface area (Å²) in [4.78, 5) is 24.2. The smallest absolute Gasteiger partial charge is 0.260 e. The number of para-hydroxylation sites is 1. The number of nitrogens with zero attached hydrogens (tertiary/aromatic N) is 4. The number of rotatable bonds is 11. The Balaban J connectivity index is 1.53. The molecule has 0 aliphatic rings. The fourth-order valence-electron chi connectivity index (χ4n) is 3.51. The number of benzene rings is 2. The highest BCUT2D eigenvalue weighted by molar-refractivity contribution is 7.22. The Labute approximate surface area is 192 Å². The van der Waals surface area contributed by atoms with Crippen LogP contribution < -0.4 is 9.64 Å². The first-order valence-electron chi connectivity index (χ1n) is 11.1. The number of amides is 1. The molecule has 6 nitrogen and oxygen atoms in total. The van der Waals surface area contributed by atoms with E-state index < -0.39 is 0 Å². The minimum atomic E-state index is -0.0614. The number of anilines is 1. The van der Waals surface area contributed by atoms with Crippen LogP contribution in [0, 0.1) is 0 Å². The molecule has 0 N–H and O–H groups in total. The van der Waals surface area contributed by atoms with Gasteiger partial charge in [0.1, 0.15) is 5.75 Å². The summed E-state index contributed by atoms with van der Waals surface area (Å²) in [6.07, 6.45) is 9.60. The van der Waals surface area contributed by atoms with Crippen LogP contribution in [-0.4, -0.2) is 33.6 Å². The van der Waals surface area contributed by atoms with Crippen LogP contribution in [0.4, 0.5) is 5.13 Å². The van der Waals surface area contributed by atoms with Gasteiger partial charge in [-0.1, -0.05) is 49.3 Å². The first-order valence-corrected chi connectivity index (χ1v) is 11.9. The molecule has 4 rings (SSSR count). The van der Waals surface area contributed by atoms with Crippen LogP contribution in [0.1, 0.15) is 43.0 Å². The predicted octanol–water partition coefficient (Wildman–Crippen LogP) is 5.80. The van der Waals surface area contributed by atoms with Crippen molar-refractivity contribution in [3.05, 3.63) is 72.8 Å². The van der Waals surface area contributed by atoms with E-state index in [0.29, 0.717) is 18.7 Å². The van der Waals surface area contributed by atoms with Gasteiger partial charge in [0.2, 0.25) is 0 Å². The van der Waals surface area contributed by atoms with Crippen molar-refractivity contribution in [3.8, 4) is 5.75 Å². The Morgan fingerprint density at radius 2 is 2.03 bits per heavy atom. The minimum absolute atomic E-state index is 0.0614. The molecule has 2 aromatic heterocycles. The Bertz CT molecular complexity index is 1110. The van der Waals surface area contributed by atoms with E-state index >= 15 is 0 Å². The van der Waals surface area contributed by atoms with Crippen molar-refractivity contribution in [2.75, 3.05) is 18.1 Å². The molecule has 2 heterocycles. The van der Waals surface area contributed by atoms with Crippen LogP contribution in [0.2, 0.25) is 0 Å². The topological polar surface area (TPSA) is 60.2 Å². The number of carbonyl (C=O) groups excluding carboxylic acids is 1. The molecule has 0 atom stereocenters. The quantitative estimate of drug-likeness (QED) is 0.272. The van der Waals surface area contributed by atoms with Crippen LogP contribution in [-0.2, 0) is 6.54 Å². The van der Waals surface area contributed by atoms with Gasteiger partial charge in [0.05, 0.1) is 23.2 Å². The molecule has 0 aliphatic carbocycles. The maximum Gasteiger partial charge on any atom is 0.260 e. The van der Waals surface area contributed by atoms with Gasteiger partial charge in [-0.25, -0.2) is 9.97 Å². The van der Waals surface area contributed by atoms with E-state index in [4.69, 9.17) is 9.72 Å². The van der Waals surface area contributed by atoms with Crippen molar-refractivity contribution in [1.82, 2.24) is 14.5 Å². The van der Waals surface area contributed by atoms with Crippen molar-refractivity contribution >= 4 is 32.6 Å². The molecule has 166 valence electrons. The fourth-order valence-corrected chi connectivity index (χ4v) is 4.50. The van der Waals surface area contributed by atoms with Gasteiger partial charge in [0, 0.05) is 31.0 Å². The Kier molecular flexibility index (Phi) is 7.51. The average molecular weight is 449 g/mol. The summed E-state index contributed by atoms with van der Waals surface area (Å²) in [5.41, 5.74) is 1.52. The molecule has 0 radical (unpaired) electrons. The fraction of sp³-hybridized carbons (Fsp3) is 0.320. The molecule has 32 heavy (non-hydrogen) atoms. The summed E-state index contributed by atoms with van der Waals surface area (Å²) in [5, 5.41) is 0.719. The van der Waals surface area contributed by atoms with Gasteiger partial charge >= 0.3 is 0 Å². The number of thiazole rings is 1. The average Bonchev–Trinajstić information content (AvgIpc) is 3.49. The number of unbranched alkanes of at least 4 members (excludes halogenated alkanes) is 2. The summed E-state index contributed by atoms with van der Waals surface area (Å²) in [6.45, 7) is 4.19. The number of hydrogen-bond donors (Lipinski definition) is 0. The molecule has 2 aromatic carbocycles. The first-order chi connectivity index (χ1) is 15.7. The van der Waals surface area contributed by atoms with E-state index in [0.717, 1.165) is 53.3 Å². The maximum absolute atomic E-state index is 13.6. The number of aromatic nitrogens is 3. The van der Waals surface area contributed by atoms with Crippen LogP contribution in [0.3, 0.4) is 0 Å². The normalized spacial score (nSPS) is 11.0. The van der Waals surface area contributed by atoms with E-state index in [-0.39, 0.29) is 5.91 Å². The third kappa shape index (κ3) is 5.53. The Hall–Kier alpha value is -3.19. The molecule has 0 saturated carbocycles. The monoisotopic (exact) mass is 448 g/mol. The molecular weight excluding hydrogens is 420 g/mol. The molecule has 0 saturated heterocycles. The highest BCUT2D eigenvalue weighted by atomic mass is 32.1. The Morgan fingerprint density at radius 1 is 1.12 bits per heavy atom.